The van der Waals surface area contributed by atoms with E-state index in [2.05, 4.69) is 4.74 Å². The SMILES string of the molecule is CC(C)[S+]([O-])CO[C]=O. The first-order chi connectivity index (χ1) is 4.18. The van der Waals surface area contributed by atoms with Crippen molar-refractivity contribution in [3.63, 3.8) is 0 Å². The number of rotatable bonds is 4. The zero-order valence-electron chi connectivity index (χ0n) is 5.42. The van der Waals surface area contributed by atoms with Crippen molar-refractivity contribution in [1.29, 1.82) is 0 Å². The molecule has 0 N–H and O–H groups in total. The van der Waals surface area contributed by atoms with E-state index in [1.54, 1.807) is 13.8 Å². The summed E-state index contributed by atoms with van der Waals surface area (Å²) in [6.45, 7) is 4.80. The molecule has 0 aliphatic rings. The van der Waals surface area contributed by atoms with Crippen LogP contribution in [0.3, 0.4) is 0 Å². The third-order valence-corrected chi connectivity index (χ3v) is 2.16. The van der Waals surface area contributed by atoms with Crippen LogP contribution in [0.4, 0.5) is 0 Å². The van der Waals surface area contributed by atoms with Crippen LogP contribution in [0.1, 0.15) is 13.8 Å². The van der Waals surface area contributed by atoms with Gasteiger partial charge in [0.1, 0.15) is 5.25 Å². The van der Waals surface area contributed by atoms with Crippen LogP contribution in [-0.2, 0) is 20.7 Å². The van der Waals surface area contributed by atoms with Gasteiger partial charge in [-0.2, -0.15) is 0 Å². The van der Waals surface area contributed by atoms with Crippen molar-refractivity contribution in [2.24, 2.45) is 0 Å². The van der Waals surface area contributed by atoms with Gasteiger partial charge in [-0.15, -0.1) is 0 Å². The first-order valence-electron chi connectivity index (χ1n) is 2.54. The Labute approximate surface area is 57.6 Å². The van der Waals surface area contributed by atoms with Crippen LogP contribution in [0, 0.1) is 0 Å². The van der Waals surface area contributed by atoms with E-state index in [1.807, 2.05) is 0 Å². The Morgan fingerprint density at radius 1 is 1.78 bits per heavy atom. The minimum Gasteiger partial charge on any atom is -0.613 e. The summed E-state index contributed by atoms with van der Waals surface area (Å²) in [4.78, 5) is 9.45. The van der Waals surface area contributed by atoms with E-state index in [1.165, 1.54) is 6.47 Å². The van der Waals surface area contributed by atoms with Gasteiger partial charge < -0.3 is 9.29 Å². The molecule has 9 heavy (non-hydrogen) atoms. The van der Waals surface area contributed by atoms with E-state index in [9.17, 15) is 9.35 Å². The molecule has 0 heterocycles. The van der Waals surface area contributed by atoms with Crippen LogP contribution in [0.2, 0.25) is 0 Å². The quantitative estimate of drug-likeness (QED) is 0.536. The molecule has 0 aromatic rings. The van der Waals surface area contributed by atoms with Crippen molar-refractivity contribution < 1.29 is 14.1 Å². The third kappa shape index (κ3) is 4.29. The molecule has 0 bridgehead atoms. The molecule has 0 amide bonds. The summed E-state index contributed by atoms with van der Waals surface area (Å²) < 4.78 is 14.9. The van der Waals surface area contributed by atoms with Gasteiger partial charge in [-0.3, -0.25) is 0 Å². The predicted octanol–water partition coefficient (Wildman–Crippen LogP) is 0.185. The third-order valence-electron chi connectivity index (χ3n) is 0.760. The summed E-state index contributed by atoms with van der Waals surface area (Å²) in [6, 6.07) is 0. The highest BCUT2D eigenvalue weighted by Crippen LogP contribution is 1.99. The van der Waals surface area contributed by atoms with Gasteiger partial charge in [-0.1, -0.05) is 0 Å². The Kier molecular flexibility index (Phi) is 4.53. The molecule has 3 nitrogen and oxygen atoms in total. The molecular formula is C5H9O3S. The smallest absolute Gasteiger partial charge is 0.421 e. The molecule has 0 saturated heterocycles. The molecule has 0 aromatic heterocycles. The first-order valence-corrected chi connectivity index (χ1v) is 3.92. The lowest BCUT2D eigenvalue weighted by atomic mass is 10.6. The standard InChI is InChI=1S/C5H9O3S/c1-5(2)9(7)4-8-3-6/h5H,4H2,1-2H3. The number of hydrogen-bond acceptors (Lipinski definition) is 3. The van der Waals surface area contributed by atoms with E-state index in [-0.39, 0.29) is 11.2 Å². The summed E-state index contributed by atoms with van der Waals surface area (Å²) >= 11 is -1.06. The van der Waals surface area contributed by atoms with Gasteiger partial charge in [-0.05, 0) is 25.0 Å². The highest BCUT2D eigenvalue weighted by Gasteiger charge is 2.10. The van der Waals surface area contributed by atoms with Crippen molar-refractivity contribution in [3.05, 3.63) is 0 Å². The average molecular weight is 149 g/mol. The van der Waals surface area contributed by atoms with Gasteiger partial charge in [0.05, 0.1) is 0 Å². The predicted molar refractivity (Wildman–Crippen MR) is 34.9 cm³/mol. The highest BCUT2D eigenvalue weighted by molar-refractivity contribution is 7.91. The fourth-order valence-electron chi connectivity index (χ4n) is 0.218. The zero-order valence-corrected chi connectivity index (χ0v) is 6.23. The van der Waals surface area contributed by atoms with Crippen LogP contribution in [0.5, 0.6) is 0 Å². The molecule has 1 atom stereocenters. The molecule has 53 valence electrons. The minimum absolute atomic E-state index is 0.0401. The van der Waals surface area contributed by atoms with Crippen LogP contribution in [0.15, 0.2) is 0 Å². The van der Waals surface area contributed by atoms with Gasteiger partial charge in [0.25, 0.3) is 0 Å². The molecule has 4 heteroatoms. The van der Waals surface area contributed by atoms with Crippen molar-refractivity contribution >= 4 is 17.6 Å². The fraction of sp³-hybridized carbons (Fsp3) is 0.800. The molecule has 0 aliphatic heterocycles. The lowest BCUT2D eigenvalue weighted by Gasteiger charge is -2.11. The van der Waals surface area contributed by atoms with Crippen LogP contribution in [-0.4, -0.2) is 22.2 Å². The zero-order chi connectivity index (χ0) is 7.28. The van der Waals surface area contributed by atoms with Gasteiger partial charge in [-0.25, -0.2) is 4.79 Å². The lowest BCUT2D eigenvalue weighted by molar-refractivity contribution is 0.325. The van der Waals surface area contributed by atoms with Crippen LogP contribution >= 0.6 is 0 Å². The van der Waals surface area contributed by atoms with E-state index < -0.39 is 11.2 Å². The van der Waals surface area contributed by atoms with E-state index in [4.69, 9.17) is 0 Å². The van der Waals surface area contributed by atoms with E-state index >= 15 is 0 Å². The Morgan fingerprint density at radius 2 is 2.33 bits per heavy atom. The maximum atomic E-state index is 10.7. The van der Waals surface area contributed by atoms with Crippen molar-refractivity contribution in [2.75, 3.05) is 5.94 Å². The van der Waals surface area contributed by atoms with Crippen molar-refractivity contribution in [1.82, 2.24) is 0 Å². The molecule has 0 aromatic carbocycles. The number of hydrogen-bond donors (Lipinski definition) is 0. The normalized spacial score (nSPS) is 13.3. The maximum absolute atomic E-state index is 10.7. The minimum atomic E-state index is -1.06. The molecule has 0 rings (SSSR count). The largest absolute Gasteiger partial charge is 0.613 e. The Balaban J connectivity index is 3.26. The van der Waals surface area contributed by atoms with Crippen molar-refractivity contribution in [3.8, 4) is 0 Å². The molecular weight excluding hydrogens is 140 g/mol. The summed E-state index contributed by atoms with van der Waals surface area (Å²) in [5.41, 5.74) is 0. The Morgan fingerprint density at radius 3 is 2.67 bits per heavy atom. The Bertz CT molecular complexity index is 84.3. The first kappa shape index (κ1) is 8.78. The monoisotopic (exact) mass is 149 g/mol. The maximum Gasteiger partial charge on any atom is 0.421 e. The van der Waals surface area contributed by atoms with Gasteiger partial charge in [0.15, 0.2) is 0 Å². The van der Waals surface area contributed by atoms with Crippen LogP contribution < -0.4 is 0 Å². The Hall–Kier alpha value is -0.220. The summed E-state index contributed by atoms with van der Waals surface area (Å²) in [5, 5.41) is 0.0401. The van der Waals surface area contributed by atoms with E-state index in [0.29, 0.717) is 0 Å². The molecule has 0 fully saturated rings. The summed E-state index contributed by atoms with van der Waals surface area (Å²) in [7, 11) is 0. The van der Waals surface area contributed by atoms with Crippen molar-refractivity contribution in [2.45, 2.75) is 19.1 Å². The van der Waals surface area contributed by atoms with Crippen LogP contribution in [0.25, 0.3) is 0 Å². The second-order valence-electron chi connectivity index (χ2n) is 1.78. The second-order valence-corrected chi connectivity index (χ2v) is 3.72. The topological polar surface area (TPSA) is 49.4 Å². The van der Waals surface area contributed by atoms with Gasteiger partial charge in [0, 0.05) is 0 Å². The average Bonchev–Trinajstić information content (AvgIpc) is 1.82. The van der Waals surface area contributed by atoms with Gasteiger partial charge >= 0.3 is 6.47 Å². The fourth-order valence-corrected chi connectivity index (χ4v) is 0.655. The second kappa shape index (κ2) is 4.64. The molecule has 0 aliphatic carbocycles. The molecule has 1 radical (unpaired) electrons. The number of ether oxygens (including phenoxy) is 1. The molecule has 0 saturated carbocycles. The van der Waals surface area contributed by atoms with Gasteiger partial charge in [0.2, 0.25) is 5.94 Å². The summed E-state index contributed by atoms with van der Waals surface area (Å²) in [5.74, 6) is -0.0405. The molecule has 0 spiro atoms. The molecule has 1 unspecified atom stereocenters. The number of carbonyl (C=O) groups excluding carboxylic acids is 1. The summed E-state index contributed by atoms with van der Waals surface area (Å²) in [6.07, 6.45) is 0. The lowest BCUT2D eigenvalue weighted by Crippen LogP contribution is -2.19. The van der Waals surface area contributed by atoms with E-state index in [0.717, 1.165) is 0 Å². The highest BCUT2D eigenvalue weighted by atomic mass is 32.2.